The minimum Gasteiger partial charge on any atom is -0.0616 e. The van der Waals surface area contributed by atoms with Crippen molar-refractivity contribution >= 4 is 162 Å². The summed E-state index contributed by atoms with van der Waals surface area (Å²) in [5.41, 5.74) is 26.1. The van der Waals surface area contributed by atoms with E-state index in [1.165, 1.54) is 273 Å². The second kappa shape index (κ2) is 21.0. The summed E-state index contributed by atoms with van der Waals surface area (Å²) in [7, 11) is 0. The van der Waals surface area contributed by atoms with Crippen LogP contribution in [0, 0.1) is 0 Å². The molecule has 0 heterocycles. The van der Waals surface area contributed by atoms with E-state index in [2.05, 4.69) is 350 Å². The van der Waals surface area contributed by atoms with Crippen molar-refractivity contribution in [3.05, 3.63) is 289 Å². The zero-order valence-corrected chi connectivity index (χ0v) is 64.4. The number of rotatable bonds is 4. The molecular weight excluding hydrogens is 1320 g/mol. The van der Waals surface area contributed by atoms with Gasteiger partial charge in [-0.2, -0.15) is 0 Å². The van der Waals surface area contributed by atoms with Crippen LogP contribution >= 0.6 is 0 Å². The number of fused-ring (bicyclic) bond motifs is 8. The van der Waals surface area contributed by atoms with Gasteiger partial charge >= 0.3 is 0 Å². The summed E-state index contributed by atoms with van der Waals surface area (Å²) in [4.78, 5) is 0. The van der Waals surface area contributed by atoms with Crippen LogP contribution in [-0.2, 0) is 21.7 Å². The Labute approximate surface area is 640 Å². The Bertz CT molecular complexity index is 6940. The fourth-order valence-electron chi connectivity index (χ4n) is 21.3. The Balaban J connectivity index is 0.846. The smallest absolute Gasteiger partial charge is 0.000718 e. The van der Waals surface area contributed by atoms with Crippen LogP contribution in [-0.4, -0.2) is 0 Å². The third kappa shape index (κ3) is 8.21. The van der Waals surface area contributed by atoms with E-state index in [-0.39, 0.29) is 21.7 Å². The summed E-state index contributed by atoms with van der Waals surface area (Å²) in [6.07, 6.45) is 0. The predicted molar refractivity (Wildman–Crippen MR) is 479 cm³/mol. The first-order valence-electron chi connectivity index (χ1n) is 39.8. The molecule has 0 amide bonds. The summed E-state index contributed by atoms with van der Waals surface area (Å²) in [5, 5.41) is 39.1. The van der Waals surface area contributed by atoms with Gasteiger partial charge in [-0.25, -0.2) is 0 Å². The molecule has 22 aromatic carbocycles. The molecule has 0 spiro atoms. The second-order valence-electron chi connectivity index (χ2n) is 36.9. The fraction of sp³-hybridized carbons (Fsp3) is 0.145. The monoisotopic (exact) mass is 1400 g/mol. The molecule has 0 saturated heterocycles. The van der Waals surface area contributed by atoms with E-state index in [4.69, 9.17) is 0 Å². The molecule has 0 N–H and O–H groups in total. The van der Waals surface area contributed by atoms with Crippen molar-refractivity contribution in [2.75, 3.05) is 0 Å². The molecule has 0 fully saturated rings. The van der Waals surface area contributed by atoms with Crippen molar-refractivity contribution in [2.24, 2.45) is 0 Å². The molecule has 0 nitrogen and oxygen atoms in total. The lowest BCUT2D eigenvalue weighted by atomic mass is 9.78. The molecule has 22 aromatic rings. The van der Waals surface area contributed by atoms with Crippen LogP contribution in [0.4, 0.5) is 0 Å². The molecule has 2 aliphatic rings. The van der Waals surface area contributed by atoms with Gasteiger partial charge in [0, 0.05) is 0 Å². The van der Waals surface area contributed by atoms with E-state index in [0.29, 0.717) is 0 Å². The predicted octanol–water partition coefficient (Wildman–Crippen LogP) is 31.9. The van der Waals surface area contributed by atoms with Gasteiger partial charge in [-0.1, -0.05) is 350 Å². The zero-order valence-electron chi connectivity index (χ0n) is 64.4. The molecule has 2 aliphatic carbocycles. The van der Waals surface area contributed by atoms with Crippen molar-refractivity contribution in [3.8, 4) is 89.0 Å². The molecule has 0 heteroatoms. The Morgan fingerprint density at radius 2 is 0.309 bits per heavy atom. The van der Waals surface area contributed by atoms with E-state index < -0.39 is 0 Å². The molecule has 0 bridgehead atoms. The average Bonchev–Trinajstić information content (AvgIpc) is 1.49. The number of benzene rings is 22. The maximum Gasteiger partial charge on any atom is -0.000718 e. The first kappa shape index (κ1) is 62.8. The van der Waals surface area contributed by atoms with Gasteiger partial charge in [0.25, 0.3) is 0 Å². The normalized spacial score (nSPS) is 13.5. The van der Waals surface area contributed by atoms with Crippen LogP contribution < -0.4 is 0 Å². The Morgan fingerprint density at radius 3 is 0.509 bits per heavy atom. The summed E-state index contributed by atoms with van der Waals surface area (Å²) in [6.45, 7) is 28.1. The van der Waals surface area contributed by atoms with Gasteiger partial charge in [-0.3, -0.25) is 0 Å². The highest BCUT2D eigenvalue weighted by Crippen LogP contribution is 2.66. The Hall–Kier alpha value is -12.2. The molecule has 520 valence electrons. The summed E-state index contributed by atoms with van der Waals surface area (Å²) in [6, 6.07) is 107. The highest BCUT2D eigenvalue weighted by Gasteiger charge is 2.39. The van der Waals surface area contributed by atoms with E-state index in [1.807, 2.05) is 0 Å². The third-order valence-electron chi connectivity index (χ3n) is 26.6. The molecule has 0 aromatic heterocycles. The summed E-state index contributed by atoms with van der Waals surface area (Å²) >= 11 is 0. The van der Waals surface area contributed by atoms with Crippen LogP contribution in [0.1, 0.15) is 105 Å². The van der Waals surface area contributed by atoms with Crippen molar-refractivity contribution in [1.82, 2.24) is 0 Å². The van der Waals surface area contributed by atoms with Gasteiger partial charge < -0.3 is 0 Å². The number of hydrogen-bond donors (Lipinski definition) is 0. The van der Waals surface area contributed by atoms with Crippen LogP contribution in [0.15, 0.2) is 267 Å². The molecule has 0 unspecified atom stereocenters. The first-order chi connectivity index (χ1) is 53.1. The average molecular weight is 1400 g/mol. The number of hydrogen-bond acceptors (Lipinski definition) is 0. The molecule has 24 rings (SSSR count). The zero-order chi connectivity index (χ0) is 74.0. The Morgan fingerprint density at radius 1 is 0.136 bits per heavy atom. The van der Waals surface area contributed by atoms with Gasteiger partial charge in [-0.05, 0) is 295 Å². The highest BCUT2D eigenvalue weighted by molar-refractivity contribution is 6.40. The topological polar surface area (TPSA) is 0 Å². The SMILES string of the molecule is CC(C)(C)c1cc2ccc3ccc(-c4c5c(c(-c6ccc7ccc8cc(C(C)(C)C)cc9ccc6c7c89)c6ccccc46)-c4ccc6c7c(ccc-5c47)-c4c-6c(-c5ccc6ccc7cc(C(C)(C)C)cc8ccc5c6c78)c5ccccc5c4-c4ccc5ccc6cc(C(C)(C)C)cc7ccc4c5c67)c4ccc(c1)c2c34. The Kier molecular flexibility index (Phi) is 12.0. The third-order valence-corrected chi connectivity index (χ3v) is 26.6. The second-order valence-corrected chi connectivity index (χ2v) is 36.9. The van der Waals surface area contributed by atoms with E-state index >= 15 is 0 Å². The van der Waals surface area contributed by atoms with Crippen molar-refractivity contribution in [3.63, 3.8) is 0 Å². The largest absolute Gasteiger partial charge is 0.0616 e. The van der Waals surface area contributed by atoms with Gasteiger partial charge in [0.05, 0.1) is 0 Å². The molecule has 0 saturated carbocycles. The lowest BCUT2D eigenvalue weighted by molar-refractivity contribution is 0.591. The van der Waals surface area contributed by atoms with Crippen LogP contribution in [0.3, 0.4) is 0 Å². The lowest BCUT2D eigenvalue weighted by Gasteiger charge is -2.25. The maximum atomic E-state index is 2.58. The molecule has 0 atom stereocenters. The molecule has 0 aliphatic heterocycles. The van der Waals surface area contributed by atoms with Crippen LogP contribution in [0.2, 0.25) is 0 Å². The van der Waals surface area contributed by atoms with Crippen molar-refractivity contribution in [1.29, 1.82) is 0 Å². The minimum absolute atomic E-state index is 0.00229. The lowest BCUT2D eigenvalue weighted by Crippen LogP contribution is -2.10. The quantitative estimate of drug-likeness (QED) is 0.154. The van der Waals surface area contributed by atoms with Crippen molar-refractivity contribution < 1.29 is 0 Å². The van der Waals surface area contributed by atoms with Crippen LogP contribution in [0.5, 0.6) is 0 Å². The van der Waals surface area contributed by atoms with E-state index in [9.17, 15) is 0 Å². The summed E-state index contributed by atoms with van der Waals surface area (Å²) < 4.78 is 0. The van der Waals surface area contributed by atoms with Crippen molar-refractivity contribution in [2.45, 2.75) is 105 Å². The molecular formula is C110H80. The highest BCUT2D eigenvalue weighted by atomic mass is 14.4. The van der Waals surface area contributed by atoms with Gasteiger partial charge in [0.2, 0.25) is 0 Å². The fourth-order valence-corrected chi connectivity index (χ4v) is 21.3. The minimum atomic E-state index is -0.00229. The molecule has 110 heavy (non-hydrogen) atoms. The van der Waals surface area contributed by atoms with E-state index in [1.54, 1.807) is 0 Å². The maximum absolute atomic E-state index is 2.58. The first-order valence-corrected chi connectivity index (χ1v) is 39.8. The van der Waals surface area contributed by atoms with Gasteiger partial charge in [0.1, 0.15) is 0 Å². The molecule has 0 radical (unpaired) electrons. The van der Waals surface area contributed by atoms with Crippen LogP contribution in [0.25, 0.3) is 251 Å². The van der Waals surface area contributed by atoms with Gasteiger partial charge in [0.15, 0.2) is 0 Å². The van der Waals surface area contributed by atoms with Gasteiger partial charge in [-0.15, -0.1) is 0 Å². The summed E-state index contributed by atoms with van der Waals surface area (Å²) in [5.74, 6) is 0. The van der Waals surface area contributed by atoms with E-state index in [0.717, 1.165) is 0 Å². The standard InChI is InChI=1S/C110H80/c1-107(2,3)69-49-61-25-21-57-29-37-81(77-41-33-65(53-69)89(61)93(57)77)97-73-17-13-14-18-74(73)98(82-38-30-58-22-26-62-50-70(108(4,5)6)54-66-34-42-78(82)94(58)90(62)66)104-86-47-48-88-102-87(46-45-85(101(86)102)103(97)104)105-99(83-39-31-59-23-27-63-51-71(109(7,8)9)55-67-35-43-79(83)95(59)91(63)67)75-19-15-16-20-76(75)100(106(88)105)84-40-32-60-24-28-64-52-72(110(10,11)12)56-68-36-44-80(84)96(60)92(64)68/h13-56H,1-12H3.